The van der Waals surface area contributed by atoms with Gasteiger partial charge < -0.3 is 10.1 Å². The predicted molar refractivity (Wildman–Crippen MR) is 78.1 cm³/mol. The number of alkyl carbamates (subject to hydrolysis) is 1. The van der Waals surface area contributed by atoms with E-state index in [1.165, 1.54) is 32.1 Å². The highest BCUT2D eigenvalue weighted by Crippen LogP contribution is 2.28. The van der Waals surface area contributed by atoms with Gasteiger partial charge in [0.2, 0.25) is 0 Å². The van der Waals surface area contributed by atoms with E-state index in [2.05, 4.69) is 21.2 Å². The molecule has 1 unspecified atom stereocenters. The van der Waals surface area contributed by atoms with Crippen molar-refractivity contribution in [3.8, 4) is 0 Å². The van der Waals surface area contributed by atoms with Crippen LogP contribution >= 0.6 is 15.9 Å². The van der Waals surface area contributed by atoms with E-state index < -0.39 is 5.60 Å². The van der Waals surface area contributed by atoms with Crippen molar-refractivity contribution in [3.63, 3.8) is 0 Å². The van der Waals surface area contributed by atoms with Crippen LogP contribution in [0, 0.1) is 5.92 Å². The lowest BCUT2D eigenvalue weighted by Crippen LogP contribution is -2.43. The third kappa shape index (κ3) is 6.07. The van der Waals surface area contributed by atoms with E-state index in [0.29, 0.717) is 5.92 Å². The molecule has 1 aliphatic rings. The molecule has 0 heterocycles. The van der Waals surface area contributed by atoms with Crippen LogP contribution in [0.25, 0.3) is 0 Å². The Hall–Kier alpha value is -0.250. The van der Waals surface area contributed by atoms with Crippen LogP contribution in [0.3, 0.4) is 0 Å². The van der Waals surface area contributed by atoms with Crippen molar-refractivity contribution in [1.29, 1.82) is 0 Å². The number of rotatable bonds is 4. The minimum atomic E-state index is -0.421. The molecule has 1 aliphatic carbocycles. The van der Waals surface area contributed by atoms with E-state index in [4.69, 9.17) is 4.74 Å². The minimum absolute atomic E-state index is 0.250. The van der Waals surface area contributed by atoms with Crippen molar-refractivity contribution in [2.75, 3.05) is 5.33 Å². The molecule has 18 heavy (non-hydrogen) atoms. The van der Waals surface area contributed by atoms with Gasteiger partial charge in [-0.3, -0.25) is 0 Å². The van der Waals surface area contributed by atoms with Crippen molar-refractivity contribution < 1.29 is 9.53 Å². The second kappa shape index (κ2) is 7.37. The Kier molecular flexibility index (Phi) is 6.47. The average molecular weight is 320 g/mol. The van der Waals surface area contributed by atoms with E-state index >= 15 is 0 Å². The normalized spacial score (nSPS) is 19.3. The molecule has 0 aliphatic heterocycles. The zero-order valence-electron chi connectivity index (χ0n) is 11.8. The van der Waals surface area contributed by atoms with Crippen molar-refractivity contribution in [2.45, 2.75) is 70.9 Å². The number of alkyl halides is 1. The van der Waals surface area contributed by atoms with Gasteiger partial charge in [-0.05, 0) is 46.0 Å². The lowest BCUT2D eigenvalue weighted by atomic mass is 9.83. The number of amides is 1. The Labute approximate surface area is 119 Å². The highest BCUT2D eigenvalue weighted by Gasteiger charge is 2.26. The summed E-state index contributed by atoms with van der Waals surface area (Å²) in [6.45, 7) is 5.69. The molecule has 1 atom stereocenters. The number of hydrogen-bond acceptors (Lipinski definition) is 2. The number of nitrogens with one attached hydrogen (secondary N) is 1. The molecule has 1 rings (SSSR count). The quantitative estimate of drug-likeness (QED) is 0.787. The van der Waals surface area contributed by atoms with E-state index in [0.717, 1.165) is 11.8 Å². The molecule has 0 bridgehead atoms. The maximum atomic E-state index is 11.8. The van der Waals surface area contributed by atoms with E-state index in [1.807, 2.05) is 20.8 Å². The zero-order valence-corrected chi connectivity index (χ0v) is 13.4. The Morgan fingerprint density at radius 1 is 1.33 bits per heavy atom. The smallest absolute Gasteiger partial charge is 0.407 e. The maximum absolute atomic E-state index is 11.8. The molecule has 0 radical (unpaired) electrons. The zero-order chi connectivity index (χ0) is 13.6. The standard InChI is InChI=1S/C14H26BrNO2/c1-14(2,3)18-13(17)16-12(9-10-15)11-7-5-4-6-8-11/h11-12H,4-10H2,1-3H3,(H,16,17). The Morgan fingerprint density at radius 2 is 1.94 bits per heavy atom. The number of hydrogen-bond donors (Lipinski definition) is 1. The van der Waals surface area contributed by atoms with Crippen LogP contribution in [0.5, 0.6) is 0 Å². The first kappa shape index (κ1) is 15.8. The molecule has 3 nitrogen and oxygen atoms in total. The fourth-order valence-electron chi connectivity index (χ4n) is 2.54. The summed E-state index contributed by atoms with van der Waals surface area (Å²) in [4.78, 5) is 11.8. The summed E-state index contributed by atoms with van der Waals surface area (Å²) in [6, 6.07) is 0.250. The fraction of sp³-hybridized carbons (Fsp3) is 0.929. The molecule has 0 aromatic carbocycles. The first-order chi connectivity index (χ1) is 8.42. The van der Waals surface area contributed by atoms with Gasteiger partial charge in [0.05, 0.1) is 0 Å². The first-order valence-electron chi connectivity index (χ1n) is 6.98. The van der Waals surface area contributed by atoms with Crippen LogP contribution in [0.15, 0.2) is 0 Å². The molecule has 106 valence electrons. The topological polar surface area (TPSA) is 38.3 Å². The minimum Gasteiger partial charge on any atom is -0.444 e. The van der Waals surface area contributed by atoms with Gasteiger partial charge in [-0.15, -0.1) is 0 Å². The number of halogens is 1. The van der Waals surface area contributed by atoms with Crippen molar-refractivity contribution in [1.82, 2.24) is 5.32 Å². The number of carbonyl (C=O) groups is 1. The van der Waals surface area contributed by atoms with E-state index in [9.17, 15) is 4.79 Å². The Morgan fingerprint density at radius 3 is 2.44 bits per heavy atom. The molecule has 1 saturated carbocycles. The fourth-order valence-corrected chi connectivity index (χ4v) is 3.03. The van der Waals surface area contributed by atoms with Crippen LogP contribution < -0.4 is 5.32 Å². The van der Waals surface area contributed by atoms with Crippen LogP contribution in [0.1, 0.15) is 59.3 Å². The van der Waals surface area contributed by atoms with Gasteiger partial charge in [0, 0.05) is 11.4 Å². The van der Waals surface area contributed by atoms with Gasteiger partial charge in [-0.1, -0.05) is 35.2 Å². The van der Waals surface area contributed by atoms with Crippen molar-refractivity contribution in [3.05, 3.63) is 0 Å². The molecule has 0 spiro atoms. The largest absolute Gasteiger partial charge is 0.444 e. The second-order valence-electron chi connectivity index (χ2n) is 6.13. The van der Waals surface area contributed by atoms with Crippen LogP contribution in [0.4, 0.5) is 4.79 Å². The van der Waals surface area contributed by atoms with Gasteiger partial charge in [0.1, 0.15) is 5.60 Å². The lowest BCUT2D eigenvalue weighted by Gasteiger charge is -2.31. The van der Waals surface area contributed by atoms with Crippen molar-refractivity contribution >= 4 is 22.0 Å². The molecule has 4 heteroatoms. The summed E-state index contributed by atoms with van der Waals surface area (Å²) in [6.07, 6.45) is 7.08. The summed E-state index contributed by atoms with van der Waals surface area (Å²) in [5.74, 6) is 0.615. The molecule has 0 saturated heterocycles. The third-order valence-corrected chi connectivity index (χ3v) is 3.80. The van der Waals surface area contributed by atoms with Crippen molar-refractivity contribution in [2.24, 2.45) is 5.92 Å². The average Bonchev–Trinajstić information content (AvgIpc) is 2.27. The highest BCUT2D eigenvalue weighted by molar-refractivity contribution is 9.09. The van der Waals surface area contributed by atoms with Gasteiger partial charge in [-0.2, -0.15) is 0 Å². The Bertz CT molecular complexity index is 257. The summed E-state index contributed by atoms with van der Waals surface area (Å²) >= 11 is 3.48. The third-order valence-electron chi connectivity index (χ3n) is 3.34. The van der Waals surface area contributed by atoms with E-state index in [1.54, 1.807) is 0 Å². The maximum Gasteiger partial charge on any atom is 0.407 e. The molecular formula is C14H26BrNO2. The summed E-state index contributed by atoms with van der Waals surface area (Å²) in [5, 5.41) is 3.97. The molecule has 1 amide bonds. The molecule has 1 fully saturated rings. The SMILES string of the molecule is CC(C)(C)OC(=O)NC(CCBr)C1CCCCC1. The van der Waals surface area contributed by atoms with E-state index in [-0.39, 0.29) is 12.1 Å². The van der Waals surface area contributed by atoms with Gasteiger partial charge in [0.15, 0.2) is 0 Å². The summed E-state index contributed by atoms with van der Waals surface area (Å²) in [7, 11) is 0. The van der Waals surface area contributed by atoms with Gasteiger partial charge in [-0.25, -0.2) is 4.79 Å². The van der Waals surface area contributed by atoms with Gasteiger partial charge >= 0.3 is 6.09 Å². The summed E-state index contributed by atoms with van der Waals surface area (Å²) < 4.78 is 5.34. The molecule has 0 aromatic rings. The number of carbonyl (C=O) groups excluding carboxylic acids is 1. The molecule has 0 aromatic heterocycles. The van der Waals surface area contributed by atoms with Crippen LogP contribution in [-0.4, -0.2) is 23.1 Å². The summed E-state index contributed by atoms with van der Waals surface area (Å²) in [5.41, 5.74) is -0.421. The van der Waals surface area contributed by atoms with Crippen LogP contribution in [0.2, 0.25) is 0 Å². The predicted octanol–water partition coefficient (Wildman–Crippen LogP) is 4.25. The second-order valence-corrected chi connectivity index (χ2v) is 6.92. The monoisotopic (exact) mass is 319 g/mol. The first-order valence-corrected chi connectivity index (χ1v) is 8.10. The number of ether oxygens (including phenoxy) is 1. The Balaban J connectivity index is 2.48. The lowest BCUT2D eigenvalue weighted by molar-refractivity contribution is 0.0475. The van der Waals surface area contributed by atoms with Crippen LogP contribution in [-0.2, 0) is 4.74 Å². The van der Waals surface area contributed by atoms with Gasteiger partial charge in [0.25, 0.3) is 0 Å². The highest BCUT2D eigenvalue weighted by atomic mass is 79.9. The molecule has 1 N–H and O–H groups in total. The molecular weight excluding hydrogens is 294 g/mol.